The predicted molar refractivity (Wildman–Crippen MR) is 145 cm³/mol. The molecule has 6 heteroatoms. The van der Waals surface area contributed by atoms with Gasteiger partial charge in [-0.15, -0.1) is 0 Å². The van der Waals surface area contributed by atoms with Crippen molar-refractivity contribution in [1.82, 2.24) is 19.9 Å². The fourth-order valence-electron chi connectivity index (χ4n) is 4.88. The van der Waals surface area contributed by atoms with Gasteiger partial charge in [-0.2, -0.15) is 0 Å². The third kappa shape index (κ3) is 6.21. The molecule has 0 spiro atoms. The summed E-state index contributed by atoms with van der Waals surface area (Å²) in [7, 11) is 3.24. The summed E-state index contributed by atoms with van der Waals surface area (Å²) in [6.07, 6.45) is 11.8. The molecule has 3 rings (SSSR count). The summed E-state index contributed by atoms with van der Waals surface area (Å²) in [5.41, 5.74) is 5.98. The van der Waals surface area contributed by atoms with Gasteiger partial charge in [0.25, 0.3) is 0 Å². The molecule has 0 aliphatic carbocycles. The summed E-state index contributed by atoms with van der Waals surface area (Å²) in [5, 5.41) is 0. The first-order chi connectivity index (χ1) is 16.9. The van der Waals surface area contributed by atoms with Gasteiger partial charge in [-0.25, -0.2) is 15.0 Å². The molecule has 194 valence electrons. The van der Waals surface area contributed by atoms with E-state index in [4.69, 9.17) is 9.47 Å². The standard InChI is InChI=1S/C30H42N4O2/c1-21-22(2)31-17-12-25(21)29(5,6)14-16-30(7,24-19-33-27(36-9)34-20-24)15-13-28(3,4)23-10-11-26(35-8)32-18-23/h10-12,17-20H,13-16H2,1-9H3. The summed E-state index contributed by atoms with van der Waals surface area (Å²) in [6.45, 7) is 15.9. The highest BCUT2D eigenvalue weighted by atomic mass is 16.5. The summed E-state index contributed by atoms with van der Waals surface area (Å²) in [5.74, 6) is 0.638. The molecule has 0 fully saturated rings. The molecule has 0 bridgehead atoms. The van der Waals surface area contributed by atoms with Crippen LogP contribution >= 0.6 is 0 Å². The van der Waals surface area contributed by atoms with Crippen molar-refractivity contribution >= 4 is 0 Å². The first-order valence-electron chi connectivity index (χ1n) is 12.7. The van der Waals surface area contributed by atoms with Crippen molar-refractivity contribution in [3.63, 3.8) is 0 Å². The van der Waals surface area contributed by atoms with Crippen molar-refractivity contribution in [3.05, 3.63) is 70.9 Å². The second kappa shape index (κ2) is 10.9. The lowest BCUT2D eigenvalue weighted by molar-refractivity contribution is 0.298. The van der Waals surface area contributed by atoms with Gasteiger partial charge in [-0.3, -0.25) is 4.98 Å². The number of aryl methyl sites for hydroxylation is 1. The summed E-state index contributed by atoms with van der Waals surface area (Å²) in [4.78, 5) is 17.8. The number of hydrogen-bond donors (Lipinski definition) is 0. The van der Waals surface area contributed by atoms with E-state index >= 15 is 0 Å². The number of pyridine rings is 2. The first kappa shape index (κ1) is 27.6. The molecule has 3 aromatic rings. The lowest BCUT2D eigenvalue weighted by Crippen LogP contribution is -2.30. The zero-order valence-corrected chi connectivity index (χ0v) is 23.5. The van der Waals surface area contributed by atoms with Crippen LogP contribution in [-0.4, -0.2) is 34.2 Å². The van der Waals surface area contributed by atoms with E-state index in [0.29, 0.717) is 11.9 Å². The number of nitrogens with zero attached hydrogens (tertiary/aromatic N) is 4. The van der Waals surface area contributed by atoms with Crippen molar-refractivity contribution in [3.8, 4) is 11.9 Å². The van der Waals surface area contributed by atoms with Crippen LogP contribution < -0.4 is 9.47 Å². The maximum absolute atomic E-state index is 5.25. The highest BCUT2D eigenvalue weighted by Gasteiger charge is 2.34. The summed E-state index contributed by atoms with van der Waals surface area (Å²) < 4.78 is 10.5. The zero-order chi connectivity index (χ0) is 26.6. The summed E-state index contributed by atoms with van der Waals surface area (Å²) >= 11 is 0. The van der Waals surface area contributed by atoms with Crippen LogP contribution in [0.15, 0.2) is 43.0 Å². The predicted octanol–water partition coefficient (Wildman–Crippen LogP) is 6.67. The van der Waals surface area contributed by atoms with Crippen LogP contribution in [-0.2, 0) is 16.2 Å². The lowest BCUT2D eigenvalue weighted by atomic mass is 9.67. The highest BCUT2D eigenvalue weighted by molar-refractivity contribution is 5.34. The van der Waals surface area contributed by atoms with Crippen molar-refractivity contribution in [2.24, 2.45) is 0 Å². The number of hydrogen-bond acceptors (Lipinski definition) is 6. The molecule has 0 amide bonds. The maximum atomic E-state index is 5.25. The average molecular weight is 491 g/mol. The maximum Gasteiger partial charge on any atom is 0.316 e. The van der Waals surface area contributed by atoms with E-state index in [0.717, 1.165) is 36.9 Å². The SMILES string of the molecule is COc1ccc(C(C)(C)CCC(C)(CCC(C)(C)c2ccnc(C)c2C)c2cnc(OC)nc2)cn1. The molecule has 1 atom stereocenters. The van der Waals surface area contributed by atoms with Gasteiger partial charge in [0.1, 0.15) is 0 Å². The van der Waals surface area contributed by atoms with Crippen LogP contribution in [0, 0.1) is 13.8 Å². The average Bonchev–Trinajstić information content (AvgIpc) is 2.88. The van der Waals surface area contributed by atoms with Gasteiger partial charge in [0.2, 0.25) is 5.88 Å². The molecule has 3 aromatic heterocycles. The van der Waals surface area contributed by atoms with E-state index in [9.17, 15) is 0 Å². The van der Waals surface area contributed by atoms with E-state index in [1.165, 1.54) is 16.7 Å². The minimum Gasteiger partial charge on any atom is -0.481 e. The smallest absolute Gasteiger partial charge is 0.316 e. The van der Waals surface area contributed by atoms with Crippen LogP contribution in [0.5, 0.6) is 11.9 Å². The van der Waals surface area contributed by atoms with Gasteiger partial charge in [-0.05, 0) is 84.1 Å². The molecule has 0 saturated heterocycles. The van der Waals surface area contributed by atoms with Gasteiger partial charge in [0.15, 0.2) is 0 Å². The number of methoxy groups -OCH3 is 2. The zero-order valence-electron chi connectivity index (χ0n) is 23.5. The third-order valence-electron chi connectivity index (χ3n) is 8.02. The molecule has 0 aliphatic heterocycles. The molecule has 0 N–H and O–H groups in total. The fraction of sp³-hybridized carbons (Fsp3) is 0.533. The van der Waals surface area contributed by atoms with Crippen molar-refractivity contribution < 1.29 is 9.47 Å². The largest absolute Gasteiger partial charge is 0.481 e. The molecular formula is C30H42N4O2. The first-order valence-corrected chi connectivity index (χ1v) is 12.7. The van der Waals surface area contributed by atoms with Gasteiger partial charge in [-0.1, -0.05) is 40.7 Å². The van der Waals surface area contributed by atoms with E-state index in [1.54, 1.807) is 14.2 Å². The second-order valence-corrected chi connectivity index (χ2v) is 11.4. The Morgan fingerprint density at radius 3 is 1.83 bits per heavy atom. The minimum absolute atomic E-state index is 0.0157. The Kier molecular flexibility index (Phi) is 8.37. The van der Waals surface area contributed by atoms with E-state index < -0.39 is 0 Å². The van der Waals surface area contributed by atoms with Crippen LogP contribution in [0.4, 0.5) is 0 Å². The molecule has 0 radical (unpaired) electrons. The van der Waals surface area contributed by atoms with Crippen LogP contribution in [0.2, 0.25) is 0 Å². The van der Waals surface area contributed by atoms with Crippen LogP contribution in [0.3, 0.4) is 0 Å². The Morgan fingerprint density at radius 2 is 1.28 bits per heavy atom. The molecule has 6 nitrogen and oxygen atoms in total. The van der Waals surface area contributed by atoms with Crippen LogP contribution in [0.25, 0.3) is 0 Å². The van der Waals surface area contributed by atoms with Gasteiger partial charge >= 0.3 is 6.01 Å². The lowest BCUT2D eigenvalue weighted by Gasteiger charge is -2.37. The van der Waals surface area contributed by atoms with Crippen LogP contribution in [0.1, 0.15) is 88.2 Å². The van der Waals surface area contributed by atoms with E-state index in [2.05, 4.69) is 80.5 Å². The Morgan fingerprint density at radius 1 is 0.667 bits per heavy atom. The Bertz CT molecular complexity index is 1140. The Labute approximate surface area is 216 Å². The van der Waals surface area contributed by atoms with Crippen molar-refractivity contribution in [2.45, 2.75) is 90.4 Å². The van der Waals surface area contributed by atoms with Crippen molar-refractivity contribution in [1.29, 1.82) is 0 Å². The third-order valence-corrected chi connectivity index (χ3v) is 8.02. The number of rotatable bonds is 11. The highest BCUT2D eigenvalue weighted by Crippen LogP contribution is 2.42. The monoisotopic (exact) mass is 490 g/mol. The molecule has 0 aromatic carbocycles. The van der Waals surface area contributed by atoms with E-state index in [-0.39, 0.29) is 16.2 Å². The number of aromatic nitrogens is 4. The fourth-order valence-corrected chi connectivity index (χ4v) is 4.88. The van der Waals surface area contributed by atoms with Gasteiger partial charge < -0.3 is 9.47 Å². The molecule has 1 unspecified atom stereocenters. The molecular weight excluding hydrogens is 448 g/mol. The molecule has 36 heavy (non-hydrogen) atoms. The Hall–Kier alpha value is -3.02. The molecule has 0 saturated carbocycles. The normalized spacial score (nSPS) is 13.8. The second-order valence-electron chi connectivity index (χ2n) is 11.4. The number of ether oxygens (including phenoxy) is 2. The quantitative estimate of drug-likeness (QED) is 0.299. The summed E-state index contributed by atoms with van der Waals surface area (Å²) in [6, 6.07) is 6.64. The topological polar surface area (TPSA) is 70.0 Å². The Balaban J connectivity index is 1.87. The minimum atomic E-state index is -0.101. The van der Waals surface area contributed by atoms with Gasteiger partial charge in [0, 0.05) is 36.5 Å². The van der Waals surface area contributed by atoms with Crippen molar-refractivity contribution in [2.75, 3.05) is 14.2 Å². The van der Waals surface area contributed by atoms with E-state index in [1.807, 2.05) is 30.9 Å². The van der Waals surface area contributed by atoms with Gasteiger partial charge in [0.05, 0.1) is 14.2 Å². The molecule has 0 aliphatic rings. The molecule has 3 heterocycles.